The Morgan fingerprint density at radius 3 is 2.00 bits per heavy atom. The van der Waals surface area contributed by atoms with Crippen LogP contribution in [0.15, 0.2) is 30.3 Å². The zero-order valence-electron chi connectivity index (χ0n) is 17.1. The second kappa shape index (κ2) is 9.75. The molecule has 3 aliphatic heterocycles. The quantitative estimate of drug-likeness (QED) is 0.791. The van der Waals surface area contributed by atoms with E-state index in [0.717, 1.165) is 37.5 Å². The summed E-state index contributed by atoms with van der Waals surface area (Å²) in [7, 11) is 0. The van der Waals surface area contributed by atoms with Crippen molar-refractivity contribution in [3.8, 4) is 0 Å². The number of hydrogen-bond donors (Lipinski definition) is 0. The fraction of sp³-hybridized carbons (Fsp3) is 0.696. The van der Waals surface area contributed by atoms with Crippen LogP contribution in [0.5, 0.6) is 0 Å². The Morgan fingerprint density at radius 1 is 0.786 bits per heavy atom. The lowest BCUT2D eigenvalue weighted by molar-refractivity contribution is 0.0412. The molecular formula is C23H35N3O2. The highest BCUT2D eigenvalue weighted by atomic mass is 16.6. The van der Waals surface area contributed by atoms with Gasteiger partial charge in [0.05, 0.1) is 0 Å². The topological polar surface area (TPSA) is 36.0 Å². The largest absolute Gasteiger partial charge is 0.445 e. The van der Waals surface area contributed by atoms with Crippen LogP contribution in [0.4, 0.5) is 4.79 Å². The molecule has 5 heteroatoms. The molecule has 3 fully saturated rings. The van der Waals surface area contributed by atoms with E-state index in [1.54, 1.807) is 0 Å². The Labute approximate surface area is 169 Å². The monoisotopic (exact) mass is 385 g/mol. The van der Waals surface area contributed by atoms with Crippen LogP contribution in [0.3, 0.4) is 0 Å². The zero-order valence-corrected chi connectivity index (χ0v) is 17.1. The van der Waals surface area contributed by atoms with Gasteiger partial charge in [-0.25, -0.2) is 4.79 Å². The van der Waals surface area contributed by atoms with Gasteiger partial charge in [-0.15, -0.1) is 0 Å². The number of nitrogens with zero attached hydrogens (tertiary/aromatic N) is 3. The summed E-state index contributed by atoms with van der Waals surface area (Å²) in [5, 5.41) is 0. The lowest BCUT2D eigenvalue weighted by Crippen LogP contribution is -2.52. The maximum atomic E-state index is 12.4. The minimum absolute atomic E-state index is 0.161. The Hall–Kier alpha value is -1.59. The molecule has 3 aliphatic rings. The average Bonchev–Trinajstić information content (AvgIpc) is 2.79. The number of ether oxygens (including phenoxy) is 1. The minimum Gasteiger partial charge on any atom is -0.445 e. The number of rotatable bonds is 4. The Bertz CT molecular complexity index is 602. The van der Waals surface area contributed by atoms with Crippen molar-refractivity contribution < 1.29 is 9.53 Å². The van der Waals surface area contributed by atoms with Crippen molar-refractivity contribution in [2.45, 2.75) is 63.6 Å². The molecule has 4 rings (SSSR count). The van der Waals surface area contributed by atoms with Gasteiger partial charge in [0, 0.05) is 25.2 Å². The molecule has 0 radical (unpaired) electrons. The maximum Gasteiger partial charge on any atom is 0.410 e. The highest BCUT2D eigenvalue weighted by Crippen LogP contribution is 2.25. The first-order valence-corrected chi connectivity index (χ1v) is 11.2. The van der Waals surface area contributed by atoms with Crippen LogP contribution in [-0.4, -0.2) is 72.1 Å². The Balaban J connectivity index is 1.17. The van der Waals surface area contributed by atoms with Gasteiger partial charge in [0.25, 0.3) is 0 Å². The number of hydrogen-bond acceptors (Lipinski definition) is 4. The second-order valence-corrected chi connectivity index (χ2v) is 8.62. The van der Waals surface area contributed by atoms with Crippen molar-refractivity contribution in [3.63, 3.8) is 0 Å². The first-order valence-electron chi connectivity index (χ1n) is 11.2. The molecule has 0 bridgehead atoms. The zero-order chi connectivity index (χ0) is 19.2. The lowest BCUT2D eigenvalue weighted by Gasteiger charge is -2.44. The van der Waals surface area contributed by atoms with E-state index in [-0.39, 0.29) is 6.09 Å². The molecular weight excluding hydrogens is 350 g/mol. The van der Waals surface area contributed by atoms with Gasteiger partial charge in [-0.1, -0.05) is 36.8 Å². The molecule has 3 saturated heterocycles. The van der Waals surface area contributed by atoms with Crippen LogP contribution >= 0.6 is 0 Å². The predicted molar refractivity (Wildman–Crippen MR) is 111 cm³/mol. The normalized spacial score (nSPS) is 23.6. The van der Waals surface area contributed by atoms with Crippen molar-refractivity contribution in [2.75, 3.05) is 39.3 Å². The molecule has 3 heterocycles. The summed E-state index contributed by atoms with van der Waals surface area (Å²) in [6.07, 6.45) is 8.83. The number of piperidine rings is 3. The van der Waals surface area contributed by atoms with E-state index in [1.807, 2.05) is 35.2 Å². The van der Waals surface area contributed by atoms with Gasteiger partial charge in [0.15, 0.2) is 0 Å². The molecule has 5 nitrogen and oxygen atoms in total. The van der Waals surface area contributed by atoms with Crippen molar-refractivity contribution in [3.05, 3.63) is 35.9 Å². The first kappa shape index (κ1) is 19.7. The maximum absolute atomic E-state index is 12.4. The van der Waals surface area contributed by atoms with Gasteiger partial charge < -0.3 is 19.4 Å². The highest BCUT2D eigenvalue weighted by Gasteiger charge is 2.31. The van der Waals surface area contributed by atoms with Crippen LogP contribution < -0.4 is 0 Å². The summed E-state index contributed by atoms with van der Waals surface area (Å²) in [4.78, 5) is 19.7. The number of likely N-dealkylation sites (tertiary alicyclic amines) is 3. The van der Waals surface area contributed by atoms with E-state index in [9.17, 15) is 4.79 Å². The molecule has 0 saturated carbocycles. The number of carbonyl (C=O) groups is 1. The van der Waals surface area contributed by atoms with Crippen molar-refractivity contribution in [1.29, 1.82) is 0 Å². The summed E-state index contributed by atoms with van der Waals surface area (Å²) in [6.45, 7) is 7.09. The predicted octanol–water partition coefficient (Wildman–Crippen LogP) is 3.74. The van der Waals surface area contributed by atoms with E-state index < -0.39 is 0 Å². The molecule has 1 aromatic rings. The SMILES string of the molecule is O=C(OCc1ccccc1)N1CCC(N2CCC(N3CCCCC3)CC2)CC1. The van der Waals surface area contributed by atoms with E-state index in [2.05, 4.69) is 9.80 Å². The lowest BCUT2D eigenvalue weighted by atomic mass is 9.96. The molecule has 0 aliphatic carbocycles. The summed E-state index contributed by atoms with van der Waals surface area (Å²) in [6, 6.07) is 11.4. The number of amides is 1. The third-order valence-electron chi connectivity index (χ3n) is 6.85. The summed E-state index contributed by atoms with van der Waals surface area (Å²) in [5.74, 6) is 0. The van der Waals surface area contributed by atoms with Gasteiger partial charge in [-0.2, -0.15) is 0 Å². The highest BCUT2D eigenvalue weighted by molar-refractivity contribution is 5.67. The summed E-state index contributed by atoms with van der Waals surface area (Å²) >= 11 is 0. The molecule has 1 aromatic carbocycles. The second-order valence-electron chi connectivity index (χ2n) is 8.62. The number of carbonyl (C=O) groups excluding carboxylic acids is 1. The molecule has 0 atom stereocenters. The van der Waals surface area contributed by atoms with Crippen LogP contribution in [0.2, 0.25) is 0 Å². The molecule has 28 heavy (non-hydrogen) atoms. The van der Waals surface area contributed by atoms with E-state index >= 15 is 0 Å². The first-order chi connectivity index (χ1) is 13.8. The molecule has 0 spiro atoms. The summed E-state index contributed by atoms with van der Waals surface area (Å²) in [5.41, 5.74) is 1.04. The van der Waals surface area contributed by atoms with Gasteiger partial charge >= 0.3 is 6.09 Å². The van der Waals surface area contributed by atoms with Crippen LogP contribution in [0.1, 0.15) is 50.5 Å². The molecule has 154 valence electrons. The molecule has 1 amide bonds. The van der Waals surface area contributed by atoms with Gasteiger partial charge in [0.1, 0.15) is 6.61 Å². The van der Waals surface area contributed by atoms with Gasteiger partial charge in [-0.05, 0) is 70.3 Å². The fourth-order valence-electron chi connectivity index (χ4n) is 5.12. The fourth-order valence-corrected chi connectivity index (χ4v) is 5.12. The van der Waals surface area contributed by atoms with Crippen LogP contribution in [0.25, 0.3) is 0 Å². The minimum atomic E-state index is -0.161. The Kier molecular flexibility index (Phi) is 6.86. The molecule has 0 aromatic heterocycles. The standard InChI is InChI=1S/C23H35N3O2/c27-23(28-19-20-7-3-1-4-8-20)26-17-11-22(12-18-26)25-15-9-21(10-16-25)24-13-5-2-6-14-24/h1,3-4,7-8,21-22H,2,5-6,9-19H2. The van der Waals surface area contributed by atoms with Crippen molar-refractivity contribution in [1.82, 2.24) is 14.7 Å². The summed E-state index contributed by atoms with van der Waals surface area (Å²) < 4.78 is 5.50. The van der Waals surface area contributed by atoms with E-state index in [4.69, 9.17) is 4.74 Å². The van der Waals surface area contributed by atoms with Gasteiger partial charge in [-0.3, -0.25) is 0 Å². The van der Waals surface area contributed by atoms with E-state index in [1.165, 1.54) is 58.3 Å². The van der Waals surface area contributed by atoms with Crippen molar-refractivity contribution in [2.24, 2.45) is 0 Å². The van der Waals surface area contributed by atoms with E-state index in [0.29, 0.717) is 12.6 Å². The molecule has 0 unspecified atom stereocenters. The Morgan fingerprint density at radius 2 is 1.36 bits per heavy atom. The third-order valence-corrected chi connectivity index (χ3v) is 6.85. The van der Waals surface area contributed by atoms with Crippen LogP contribution in [0, 0.1) is 0 Å². The average molecular weight is 386 g/mol. The van der Waals surface area contributed by atoms with Gasteiger partial charge in [0.2, 0.25) is 0 Å². The van der Waals surface area contributed by atoms with Crippen molar-refractivity contribution >= 4 is 6.09 Å². The molecule has 0 N–H and O–H groups in total. The smallest absolute Gasteiger partial charge is 0.410 e. The van der Waals surface area contributed by atoms with Crippen LogP contribution in [-0.2, 0) is 11.3 Å². The third kappa shape index (κ3) is 5.06. The number of benzene rings is 1.